The molecule has 0 saturated carbocycles. The predicted octanol–water partition coefficient (Wildman–Crippen LogP) is 6.86. The molecular formula is C28H26BrN5O2S. The van der Waals surface area contributed by atoms with Crippen LogP contribution in [0.2, 0.25) is 0 Å². The summed E-state index contributed by atoms with van der Waals surface area (Å²) in [5.74, 6) is 0.847. The monoisotopic (exact) mass is 575 g/mol. The lowest BCUT2D eigenvalue weighted by Crippen LogP contribution is -2.43. The lowest BCUT2D eigenvalue weighted by molar-refractivity contribution is -0.113. The maximum atomic E-state index is 13.5. The van der Waals surface area contributed by atoms with E-state index < -0.39 is 0 Å². The van der Waals surface area contributed by atoms with Crippen LogP contribution in [0.4, 0.5) is 21.9 Å². The maximum Gasteiger partial charge on any atom is 0.323 e. The minimum atomic E-state index is -0.330. The number of benzene rings is 3. The number of hydrogen-bond donors (Lipinski definition) is 3. The largest absolute Gasteiger partial charge is 0.340 e. The third-order valence-corrected chi connectivity index (χ3v) is 7.67. The Hall–Kier alpha value is -3.56. The highest BCUT2D eigenvalue weighted by Gasteiger charge is 2.37. The van der Waals surface area contributed by atoms with E-state index >= 15 is 0 Å². The number of carbonyl (C=O) groups is 2. The molecule has 3 N–H and O–H groups in total. The Kier molecular flexibility index (Phi) is 7.62. The number of urea groups is 1. The van der Waals surface area contributed by atoms with E-state index in [0.29, 0.717) is 16.9 Å². The molecule has 5 rings (SSSR count). The molecule has 37 heavy (non-hydrogen) atoms. The number of allylic oxidation sites excluding steroid dienone is 1. The molecule has 3 amide bonds. The van der Waals surface area contributed by atoms with Crippen molar-refractivity contribution in [3.05, 3.63) is 100 Å². The van der Waals surface area contributed by atoms with Gasteiger partial charge in [0, 0.05) is 33.8 Å². The molecule has 3 aromatic carbocycles. The van der Waals surface area contributed by atoms with Crippen LogP contribution < -0.4 is 16.0 Å². The lowest BCUT2D eigenvalue weighted by atomic mass is 9.93. The molecule has 0 bridgehead atoms. The van der Waals surface area contributed by atoms with Crippen molar-refractivity contribution in [1.29, 1.82) is 0 Å². The molecule has 9 heteroatoms. The highest BCUT2D eigenvalue weighted by atomic mass is 79.9. The van der Waals surface area contributed by atoms with Gasteiger partial charge >= 0.3 is 6.03 Å². The molecule has 1 atom stereocenters. The van der Waals surface area contributed by atoms with Crippen molar-refractivity contribution in [2.24, 2.45) is 4.99 Å². The van der Waals surface area contributed by atoms with Crippen LogP contribution in [-0.4, -0.2) is 34.3 Å². The van der Waals surface area contributed by atoms with E-state index in [0.717, 1.165) is 45.3 Å². The van der Waals surface area contributed by atoms with Crippen LogP contribution >= 0.6 is 27.7 Å². The molecule has 2 heterocycles. The van der Waals surface area contributed by atoms with Crippen LogP contribution in [0.5, 0.6) is 0 Å². The van der Waals surface area contributed by atoms with Crippen LogP contribution in [0.25, 0.3) is 0 Å². The Bertz CT molecular complexity index is 1370. The van der Waals surface area contributed by atoms with Gasteiger partial charge in [-0.15, -0.1) is 0 Å². The second kappa shape index (κ2) is 11.2. The van der Waals surface area contributed by atoms with Crippen molar-refractivity contribution in [3.8, 4) is 0 Å². The number of thioether (sulfide) groups is 1. The van der Waals surface area contributed by atoms with E-state index in [1.807, 2.05) is 85.8 Å². The number of nitrogens with one attached hydrogen (secondary N) is 3. The van der Waals surface area contributed by atoms with Gasteiger partial charge in [0.1, 0.15) is 0 Å². The van der Waals surface area contributed by atoms with Gasteiger partial charge in [0.05, 0.1) is 17.3 Å². The van der Waals surface area contributed by atoms with Gasteiger partial charge in [0.15, 0.2) is 5.17 Å². The standard InChI is InChI=1S/C28H26BrN5O2S/c1-18-24(26(35)31-21-8-3-2-4-9-21)25(34-15-6-16-37-28(34)30-18)19-11-13-22(14-12-19)32-27(36)33-23-10-5-7-20(29)17-23/h2-5,7-14,17,25H,6,15-16H2,1H3,(H,31,35)(H2,32,33,36). The summed E-state index contributed by atoms with van der Waals surface area (Å²) in [7, 11) is 0. The first-order valence-corrected chi connectivity index (χ1v) is 13.7. The Balaban J connectivity index is 1.38. The fourth-order valence-electron chi connectivity index (χ4n) is 4.43. The van der Waals surface area contributed by atoms with Crippen molar-refractivity contribution in [2.45, 2.75) is 19.4 Å². The number of halogens is 1. The number of anilines is 3. The maximum absolute atomic E-state index is 13.5. The average molecular weight is 577 g/mol. The summed E-state index contributed by atoms with van der Waals surface area (Å²) in [4.78, 5) is 33.0. The summed E-state index contributed by atoms with van der Waals surface area (Å²) >= 11 is 5.13. The minimum absolute atomic E-state index is 0.164. The molecule has 0 aromatic heterocycles. The lowest BCUT2D eigenvalue weighted by Gasteiger charge is -2.40. The van der Waals surface area contributed by atoms with Gasteiger partial charge in [0.2, 0.25) is 0 Å². The molecule has 0 radical (unpaired) electrons. The highest BCUT2D eigenvalue weighted by Crippen LogP contribution is 2.40. The van der Waals surface area contributed by atoms with E-state index in [-0.39, 0.29) is 18.0 Å². The van der Waals surface area contributed by atoms with Crippen molar-refractivity contribution in [3.63, 3.8) is 0 Å². The van der Waals surface area contributed by atoms with Crippen LogP contribution in [0, 0.1) is 0 Å². The number of amides is 3. The van der Waals surface area contributed by atoms with E-state index in [9.17, 15) is 9.59 Å². The van der Waals surface area contributed by atoms with E-state index in [1.165, 1.54) is 0 Å². The van der Waals surface area contributed by atoms with Gasteiger partial charge in [0.25, 0.3) is 5.91 Å². The molecule has 188 valence electrons. The number of fused-ring (bicyclic) bond motifs is 1. The summed E-state index contributed by atoms with van der Waals surface area (Å²) < 4.78 is 0.886. The summed E-state index contributed by atoms with van der Waals surface area (Å²) in [5.41, 5.74) is 4.40. The van der Waals surface area contributed by atoms with E-state index in [1.54, 1.807) is 11.8 Å². The molecule has 7 nitrogen and oxygen atoms in total. The molecule has 1 unspecified atom stereocenters. The first-order chi connectivity index (χ1) is 18.0. The molecule has 0 spiro atoms. The van der Waals surface area contributed by atoms with Crippen LogP contribution in [-0.2, 0) is 4.79 Å². The number of para-hydroxylation sites is 1. The third-order valence-electron chi connectivity index (χ3n) is 6.10. The fourth-order valence-corrected chi connectivity index (χ4v) is 5.85. The summed E-state index contributed by atoms with van der Waals surface area (Å²) in [6.45, 7) is 2.72. The number of nitrogens with zero attached hydrogens (tertiary/aromatic N) is 2. The SMILES string of the molecule is CC1=C(C(=O)Nc2ccccc2)C(c2ccc(NC(=O)Nc3cccc(Br)c3)cc2)N2CCCSC2=N1. The molecule has 2 aliphatic rings. The minimum Gasteiger partial charge on any atom is -0.340 e. The van der Waals surface area contributed by atoms with Gasteiger partial charge in [-0.25, -0.2) is 9.79 Å². The average Bonchev–Trinajstić information content (AvgIpc) is 2.89. The molecule has 3 aromatic rings. The smallest absolute Gasteiger partial charge is 0.323 e. The number of amidine groups is 1. The summed E-state index contributed by atoms with van der Waals surface area (Å²) in [6.07, 6.45) is 1.02. The second-order valence-electron chi connectivity index (χ2n) is 8.72. The topological polar surface area (TPSA) is 85.8 Å². The zero-order chi connectivity index (χ0) is 25.8. The predicted molar refractivity (Wildman–Crippen MR) is 155 cm³/mol. The number of carbonyl (C=O) groups excluding carboxylic acids is 2. The van der Waals surface area contributed by atoms with Crippen LogP contribution in [0.3, 0.4) is 0 Å². The molecular weight excluding hydrogens is 550 g/mol. The van der Waals surface area contributed by atoms with Gasteiger partial charge in [-0.05, 0) is 61.4 Å². The van der Waals surface area contributed by atoms with Crippen molar-refractivity contribution >= 4 is 61.9 Å². The van der Waals surface area contributed by atoms with Crippen LogP contribution in [0.15, 0.2) is 99.6 Å². The van der Waals surface area contributed by atoms with Gasteiger partial charge < -0.3 is 20.9 Å². The van der Waals surface area contributed by atoms with E-state index in [4.69, 9.17) is 4.99 Å². The number of rotatable bonds is 5. The zero-order valence-electron chi connectivity index (χ0n) is 20.2. The third kappa shape index (κ3) is 5.89. The van der Waals surface area contributed by atoms with Gasteiger partial charge in [-0.2, -0.15) is 0 Å². The van der Waals surface area contributed by atoms with Crippen molar-refractivity contribution in [2.75, 3.05) is 28.2 Å². The van der Waals surface area contributed by atoms with Gasteiger partial charge in [-0.3, -0.25) is 4.79 Å². The molecule has 0 aliphatic carbocycles. The highest BCUT2D eigenvalue weighted by molar-refractivity contribution is 9.10. The normalized spacial score (nSPS) is 17.0. The Morgan fingerprint density at radius 2 is 1.62 bits per heavy atom. The van der Waals surface area contributed by atoms with E-state index in [2.05, 4.69) is 36.8 Å². The Morgan fingerprint density at radius 3 is 2.38 bits per heavy atom. The molecule has 1 saturated heterocycles. The quantitative estimate of drug-likeness (QED) is 0.310. The van der Waals surface area contributed by atoms with Crippen molar-refractivity contribution in [1.82, 2.24) is 4.90 Å². The first-order valence-electron chi connectivity index (χ1n) is 12.0. The zero-order valence-corrected chi connectivity index (χ0v) is 22.6. The summed E-state index contributed by atoms with van der Waals surface area (Å²) in [5, 5.41) is 9.68. The van der Waals surface area contributed by atoms with Crippen molar-refractivity contribution < 1.29 is 9.59 Å². The van der Waals surface area contributed by atoms with Crippen LogP contribution in [0.1, 0.15) is 24.9 Å². The molecule has 2 aliphatic heterocycles. The number of hydrogen-bond acceptors (Lipinski definition) is 5. The Morgan fingerprint density at radius 1 is 0.919 bits per heavy atom. The second-order valence-corrected chi connectivity index (χ2v) is 10.7. The fraction of sp³-hybridized carbons (Fsp3) is 0.179. The number of aliphatic imine (C=N–C) groups is 1. The molecule has 1 fully saturated rings. The van der Waals surface area contributed by atoms with Gasteiger partial charge in [-0.1, -0.05) is 64.1 Å². The first kappa shape index (κ1) is 25.1. The summed E-state index contributed by atoms with van der Waals surface area (Å²) in [6, 6.07) is 23.9. The Labute approximate surface area is 228 Å².